The Hall–Kier alpha value is -3.77. The molecule has 0 unspecified atom stereocenters. The maximum atomic E-state index is 14.0. The Morgan fingerprint density at radius 3 is 2.36 bits per heavy atom. The summed E-state index contributed by atoms with van der Waals surface area (Å²) in [4.78, 5) is 38.7. The molecular formula is C26H20ClFN2O3. The van der Waals surface area contributed by atoms with Gasteiger partial charge in [0.15, 0.2) is 0 Å². The summed E-state index contributed by atoms with van der Waals surface area (Å²) in [5.74, 6) is -1.82. The first-order valence-corrected chi connectivity index (χ1v) is 10.8. The zero-order valence-electron chi connectivity index (χ0n) is 17.8. The lowest BCUT2D eigenvalue weighted by atomic mass is 10.0. The van der Waals surface area contributed by atoms with Gasteiger partial charge in [-0.2, -0.15) is 0 Å². The van der Waals surface area contributed by atoms with Gasteiger partial charge in [-0.05, 0) is 59.0 Å². The van der Waals surface area contributed by atoms with Gasteiger partial charge < -0.3 is 0 Å². The van der Waals surface area contributed by atoms with Crippen molar-refractivity contribution >= 4 is 41.2 Å². The van der Waals surface area contributed by atoms with Crippen LogP contribution in [0.2, 0.25) is 5.02 Å². The Morgan fingerprint density at radius 2 is 1.70 bits per heavy atom. The Balaban J connectivity index is 1.62. The number of nitrogens with zero attached hydrogens (tertiary/aromatic N) is 1. The number of benzene rings is 3. The van der Waals surface area contributed by atoms with Crippen molar-refractivity contribution in [2.45, 2.75) is 19.8 Å². The first-order valence-electron chi connectivity index (χ1n) is 10.4. The predicted molar refractivity (Wildman–Crippen MR) is 125 cm³/mol. The zero-order chi connectivity index (χ0) is 23.5. The molecule has 1 N–H and O–H groups in total. The minimum atomic E-state index is -0.801. The Labute approximate surface area is 195 Å². The maximum absolute atomic E-state index is 14.0. The van der Waals surface area contributed by atoms with Crippen LogP contribution in [0.15, 0.2) is 72.3 Å². The van der Waals surface area contributed by atoms with Gasteiger partial charge in [0.25, 0.3) is 11.8 Å². The monoisotopic (exact) mass is 462 g/mol. The number of rotatable bonds is 5. The van der Waals surface area contributed by atoms with Crippen molar-refractivity contribution in [3.05, 3.63) is 105 Å². The summed E-state index contributed by atoms with van der Waals surface area (Å²) in [6, 6.07) is 17.6. The highest BCUT2D eigenvalue weighted by atomic mass is 35.5. The molecule has 0 saturated carbocycles. The van der Waals surface area contributed by atoms with E-state index in [9.17, 15) is 18.8 Å². The number of hydrogen-bond donors (Lipinski definition) is 1. The summed E-state index contributed by atoms with van der Waals surface area (Å²) in [5.41, 5.74) is 2.96. The molecule has 1 aliphatic heterocycles. The van der Waals surface area contributed by atoms with Crippen molar-refractivity contribution in [2.75, 3.05) is 4.90 Å². The van der Waals surface area contributed by atoms with Crippen LogP contribution >= 0.6 is 11.6 Å². The van der Waals surface area contributed by atoms with Crippen LogP contribution in [0.5, 0.6) is 0 Å². The number of urea groups is 1. The molecule has 0 spiro atoms. The van der Waals surface area contributed by atoms with Crippen LogP contribution in [0.4, 0.5) is 14.9 Å². The van der Waals surface area contributed by atoms with E-state index in [1.807, 2.05) is 19.1 Å². The lowest BCUT2D eigenvalue weighted by Crippen LogP contribution is -2.54. The first-order chi connectivity index (χ1) is 15.9. The molecule has 7 heteroatoms. The van der Waals surface area contributed by atoms with E-state index in [0.717, 1.165) is 16.9 Å². The fourth-order valence-corrected chi connectivity index (χ4v) is 3.84. The van der Waals surface area contributed by atoms with E-state index in [1.165, 1.54) is 12.1 Å². The predicted octanol–water partition coefficient (Wildman–Crippen LogP) is 5.30. The van der Waals surface area contributed by atoms with Crippen LogP contribution in [0.1, 0.15) is 29.2 Å². The summed E-state index contributed by atoms with van der Waals surface area (Å²) >= 11 is 6.40. The summed E-state index contributed by atoms with van der Waals surface area (Å²) < 4.78 is 14.0. The van der Waals surface area contributed by atoms with Gasteiger partial charge in [0.05, 0.1) is 5.69 Å². The van der Waals surface area contributed by atoms with E-state index in [-0.39, 0.29) is 11.4 Å². The second-order valence-electron chi connectivity index (χ2n) is 7.60. The molecule has 0 bridgehead atoms. The number of carbonyl (C=O) groups is 3. The fraction of sp³-hybridized carbons (Fsp3) is 0.115. The molecule has 0 aliphatic carbocycles. The van der Waals surface area contributed by atoms with Crippen molar-refractivity contribution in [1.82, 2.24) is 5.32 Å². The average Bonchev–Trinajstić information content (AvgIpc) is 2.80. The lowest BCUT2D eigenvalue weighted by molar-refractivity contribution is -0.122. The fourth-order valence-electron chi connectivity index (χ4n) is 3.58. The van der Waals surface area contributed by atoms with Gasteiger partial charge in [-0.1, -0.05) is 61.0 Å². The molecular weight excluding hydrogens is 443 g/mol. The van der Waals surface area contributed by atoms with Crippen LogP contribution in [0.3, 0.4) is 0 Å². The van der Waals surface area contributed by atoms with Crippen LogP contribution in [-0.2, 0) is 22.4 Å². The van der Waals surface area contributed by atoms with E-state index in [4.69, 9.17) is 11.6 Å². The molecule has 1 aliphatic rings. The van der Waals surface area contributed by atoms with Crippen molar-refractivity contribution in [3.8, 4) is 0 Å². The summed E-state index contributed by atoms with van der Waals surface area (Å²) in [5, 5.41) is 2.58. The highest BCUT2D eigenvalue weighted by molar-refractivity contribution is 6.39. The molecule has 3 aromatic carbocycles. The molecule has 0 atom stereocenters. The van der Waals surface area contributed by atoms with Crippen LogP contribution in [0.25, 0.3) is 6.08 Å². The van der Waals surface area contributed by atoms with E-state index in [1.54, 1.807) is 48.5 Å². The smallest absolute Gasteiger partial charge is 0.273 e. The normalized spacial score (nSPS) is 15.2. The third-order valence-corrected chi connectivity index (χ3v) is 5.78. The maximum Gasteiger partial charge on any atom is 0.335 e. The molecule has 33 heavy (non-hydrogen) atoms. The number of amides is 4. The Bertz CT molecular complexity index is 1280. The van der Waals surface area contributed by atoms with Gasteiger partial charge in [-0.25, -0.2) is 14.1 Å². The van der Waals surface area contributed by atoms with Crippen molar-refractivity contribution in [2.24, 2.45) is 0 Å². The SMILES string of the molecule is CCc1ccc(N2C(=O)NC(=O)/C(=C\c3ccc(Cc4ccccc4F)c(Cl)c3)C2=O)cc1. The number of hydrogen-bond acceptors (Lipinski definition) is 3. The Morgan fingerprint density at radius 1 is 0.970 bits per heavy atom. The number of barbiturate groups is 1. The molecule has 1 heterocycles. The molecule has 0 radical (unpaired) electrons. The molecule has 3 aromatic rings. The number of anilines is 1. The van der Waals surface area contributed by atoms with Crippen LogP contribution in [0, 0.1) is 5.82 Å². The molecule has 4 rings (SSSR count). The number of imide groups is 2. The number of carbonyl (C=O) groups excluding carboxylic acids is 3. The number of nitrogens with one attached hydrogen (secondary N) is 1. The third-order valence-electron chi connectivity index (χ3n) is 5.43. The summed E-state index contributed by atoms with van der Waals surface area (Å²) in [6.07, 6.45) is 2.51. The molecule has 0 aromatic heterocycles. The third kappa shape index (κ3) is 4.71. The van der Waals surface area contributed by atoms with E-state index in [2.05, 4.69) is 5.32 Å². The van der Waals surface area contributed by atoms with E-state index >= 15 is 0 Å². The van der Waals surface area contributed by atoms with Gasteiger partial charge in [0.2, 0.25) is 0 Å². The second kappa shape index (κ2) is 9.38. The molecule has 4 amide bonds. The zero-order valence-corrected chi connectivity index (χ0v) is 18.5. The van der Waals surface area contributed by atoms with Crippen molar-refractivity contribution in [1.29, 1.82) is 0 Å². The first kappa shape index (κ1) is 22.4. The minimum Gasteiger partial charge on any atom is -0.273 e. The quantitative estimate of drug-likeness (QED) is 0.413. The van der Waals surface area contributed by atoms with Crippen molar-refractivity contribution < 1.29 is 18.8 Å². The minimum absolute atomic E-state index is 0.188. The highest BCUT2D eigenvalue weighted by Crippen LogP contribution is 2.26. The van der Waals surface area contributed by atoms with Gasteiger partial charge in [-0.15, -0.1) is 0 Å². The van der Waals surface area contributed by atoms with Crippen LogP contribution in [-0.4, -0.2) is 17.8 Å². The van der Waals surface area contributed by atoms with E-state index < -0.39 is 17.8 Å². The summed E-state index contributed by atoms with van der Waals surface area (Å²) in [7, 11) is 0. The second-order valence-corrected chi connectivity index (χ2v) is 8.00. The molecule has 1 saturated heterocycles. The van der Waals surface area contributed by atoms with Gasteiger partial charge >= 0.3 is 6.03 Å². The van der Waals surface area contributed by atoms with Gasteiger partial charge in [0.1, 0.15) is 11.4 Å². The largest absolute Gasteiger partial charge is 0.335 e. The summed E-state index contributed by atoms with van der Waals surface area (Å²) in [6.45, 7) is 2.00. The van der Waals surface area contributed by atoms with E-state index in [0.29, 0.717) is 33.8 Å². The number of aryl methyl sites for hydroxylation is 1. The van der Waals surface area contributed by atoms with Gasteiger partial charge in [-0.3, -0.25) is 14.9 Å². The Kier molecular flexibility index (Phi) is 6.38. The van der Waals surface area contributed by atoms with Gasteiger partial charge in [0, 0.05) is 11.4 Å². The molecule has 5 nitrogen and oxygen atoms in total. The highest BCUT2D eigenvalue weighted by Gasteiger charge is 2.36. The number of halogens is 2. The average molecular weight is 463 g/mol. The van der Waals surface area contributed by atoms with Crippen LogP contribution < -0.4 is 10.2 Å². The standard InChI is InChI=1S/C26H20ClFN2O3/c1-2-16-8-11-20(12-9-16)30-25(32)21(24(31)29-26(30)33)13-17-7-10-18(22(27)14-17)15-19-5-3-4-6-23(19)28/h3-14H,2,15H2,1H3,(H,29,31,33)/b21-13+. The molecule has 1 fully saturated rings. The molecule has 166 valence electrons. The van der Waals surface area contributed by atoms with Crippen molar-refractivity contribution in [3.63, 3.8) is 0 Å². The topological polar surface area (TPSA) is 66.5 Å². The lowest BCUT2D eigenvalue weighted by Gasteiger charge is -2.26.